The maximum Gasteiger partial charge on any atom is 0.435 e. The molecule has 9 nitrogen and oxygen atoms in total. The number of rotatable bonds is 11. The van der Waals surface area contributed by atoms with Gasteiger partial charge in [-0.2, -0.15) is 18.3 Å². The van der Waals surface area contributed by atoms with E-state index >= 15 is 0 Å². The van der Waals surface area contributed by atoms with E-state index in [0.717, 1.165) is 25.5 Å². The molecule has 15 heteroatoms. The Labute approximate surface area is 224 Å². The maximum atomic E-state index is 13.6. The monoisotopic (exact) mass is 573 g/mol. The predicted octanol–water partition coefficient (Wildman–Crippen LogP) is 4.63. The van der Waals surface area contributed by atoms with Gasteiger partial charge in [-0.25, -0.2) is 13.8 Å². The van der Waals surface area contributed by atoms with Gasteiger partial charge < -0.3 is 21.4 Å². The van der Waals surface area contributed by atoms with Crippen LogP contribution in [0.15, 0.2) is 24.4 Å². The van der Waals surface area contributed by atoms with E-state index in [2.05, 4.69) is 30.8 Å². The summed E-state index contributed by atoms with van der Waals surface area (Å²) in [5.41, 5.74) is 3.97. The van der Waals surface area contributed by atoms with E-state index < -0.39 is 48.0 Å². The number of nitrogens with one attached hydrogen (secondary N) is 4. The number of carbonyl (C=O) groups is 2. The lowest BCUT2D eigenvalue weighted by Crippen LogP contribution is -2.25. The molecule has 0 saturated heterocycles. The standard InChI is InChI=1S/C24H25ClF5N7O2/c25-17-9-12(4-5-14(17)21(38)32-7-3-1-2-6-31)35-22(39)20-33-11-13(34-20)8-15-18(16-10-23(16,26)27)36-37-19(15)24(28,29)30/h4-5,9,11,16H,1-3,6-8,10,31H2,(H,32,38)(H,33,34)(H,35,39)(H,36,37)/t16-/m0/s1. The Morgan fingerprint density at radius 2 is 1.92 bits per heavy atom. The molecule has 1 atom stereocenters. The second kappa shape index (κ2) is 11.3. The molecule has 0 radical (unpaired) electrons. The van der Waals surface area contributed by atoms with Gasteiger partial charge >= 0.3 is 6.18 Å². The van der Waals surface area contributed by atoms with Crippen molar-refractivity contribution in [2.24, 2.45) is 5.73 Å². The van der Waals surface area contributed by atoms with Crippen LogP contribution in [0.2, 0.25) is 5.02 Å². The molecule has 3 aromatic rings. The molecule has 6 N–H and O–H groups in total. The van der Waals surface area contributed by atoms with Crippen LogP contribution in [0, 0.1) is 0 Å². The van der Waals surface area contributed by atoms with Crippen molar-refractivity contribution in [3.63, 3.8) is 0 Å². The normalized spacial score (nSPS) is 16.2. The van der Waals surface area contributed by atoms with Crippen molar-refractivity contribution < 1.29 is 31.5 Å². The molecular weight excluding hydrogens is 549 g/mol. The third-order valence-electron chi connectivity index (χ3n) is 6.19. The molecule has 1 saturated carbocycles. The highest BCUT2D eigenvalue weighted by Crippen LogP contribution is 2.56. The minimum absolute atomic E-state index is 0.0915. The maximum absolute atomic E-state index is 13.6. The highest BCUT2D eigenvalue weighted by molar-refractivity contribution is 6.34. The Morgan fingerprint density at radius 1 is 1.18 bits per heavy atom. The van der Waals surface area contributed by atoms with Crippen LogP contribution in [0.25, 0.3) is 0 Å². The van der Waals surface area contributed by atoms with Crippen LogP contribution in [0.4, 0.5) is 27.6 Å². The minimum atomic E-state index is -4.86. The van der Waals surface area contributed by atoms with E-state index in [0.29, 0.717) is 13.1 Å². The molecule has 1 aliphatic carbocycles. The van der Waals surface area contributed by atoms with Crippen LogP contribution in [0.3, 0.4) is 0 Å². The number of nitrogens with two attached hydrogens (primary N) is 1. The number of anilines is 1. The van der Waals surface area contributed by atoms with Gasteiger partial charge in [-0.05, 0) is 37.6 Å². The Morgan fingerprint density at radius 3 is 2.56 bits per heavy atom. The number of aromatic amines is 2. The molecular formula is C24H25ClF5N7O2. The van der Waals surface area contributed by atoms with E-state index in [1.807, 2.05) is 0 Å². The van der Waals surface area contributed by atoms with E-state index in [1.54, 1.807) is 0 Å². The minimum Gasteiger partial charge on any atom is -0.352 e. The number of carbonyl (C=O) groups excluding carboxylic acids is 2. The molecule has 2 amide bonds. The van der Waals surface area contributed by atoms with Crippen molar-refractivity contribution in [2.45, 2.75) is 50.1 Å². The zero-order chi connectivity index (χ0) is 28.4. The second-order valence-electron chi connectivity index (χ2n) is 9.17. The summed E-state index contributed by atoms with van der Waals surface area (Å²) in [6.07, 6.45) is -2.23. The number of imidazole rings is 1. The van der Waals surface area contributed by atoms with Gasteiger partial charge in [-0.1, -0.05) is 18.0 Å². The summed E-state index contributed by atoms with van der Waals surface area (Å²) in [6, 6.07) is 4.27. The molecule has 4 rings (SSSR count). The molecule has 39 heavy (non-hydrogen) atoms. The summed E-state index contributed by atoms with van der Waals surface area (Å²) in [7, 11) is 0. The van der Waals surface area contributed by atoms with Crippen molar-refractivity contribution in [1.82, 2.24) is 25.5 Å². The summed E-state index contributed by atoms with van der Waals surface area (Å²) in [4.78, 5) is 31.5. The van der Waals surface area contributed by atoms with Gasteiger partial charge in [0.15, 0.2) is 11.5 Å². The Bertz CT molecular complexity index is 1350. The van der Waals surface area contributed by atoms with Crippen LogP contribution >= 0.6 is 11.6 Å². The fourth-order valence-electron chi connectivity index (χ4n) is 4.07. The van der Waals surface area contributed by atoms with E-state index in [-0.39, 0.29) is 39.4 Å². The first-order valence-corrected chi connectivity index (χ1v) is 12.4. The smallest absolute Gasteiger partial charge is 0.352 e. The first-order valence-electron chi connectivity index (χ1n) is 12.1. The van der Waals surface area contributed by atoms with Crippen molar-refractivity contribution in [3.05, 3.63) is 63.5 Å². The predicted molar refractivity (Wildman–Crippen MR) is 132 cm³/mol. The number of aromatic nitrogens is 4. The molecule has 2 aromatic heterocycles. The topological polar surface area (TPSA) is 142 Å². The molecule has 0 bridgehead atoms. The lowest BCUT2D eigenvalue weighted by molar-refractivity contribution is -0.141. The van der Waals surface area contributed by atoms with Crippen LogP contribution in [-0.4, -0.2) is 51.0 Å². The third kappa shape index (κ3) is 6.74. The van der Waals surface area contributed by atoms with Gasteiger partial charge in [0.05, 0.1) is 16.5 Å². The number of H-pyrrole nitrogens is 2. The van der Waals surface area contributed by atoms with Crippen molar-refractivity contribution in [1.29, 1.82) is 0 Å². The summed E-state index contributed by atoms with van der Waals surface area (Å²) in [5.74, 6) is -5.82. The molecule has 0 spiro atoms. The number of hydrogen-bond acceptors (Lipinski definition) is 5. The summed E-state index contributed by atoms with van der Waals surface area (Å²) < 4.78 is 67.5. The molecule has 1 aromatic carbocycles. The summed E-state index contributed by atoms with van der Waals surface area (Å²) in [5, 5.41) is 10.7. The number of halogens is 6. The van der Waals surface area contributed by atoms with Gasteiger partial charge in [0, 0.05) is 48.2 Å². The van der Waals surface area contributed by atoms with E-state index in [4.69, 9.17) is 17.3 Å². The molecule has 0 aliphatic heterocycles. The highest BCUT2D eigenvalue weighted by Gasteiger charge is 2.60. The summed E-state index contributed by atoms with van der Waals surface area (Å²) in [6.45, 7) is 1.04. The average Bonchev–Trinajstić information content (AvgIpc) is 3.20. The zero-order valence-corrected chi connectivity index (χ0v) is 21.1. The molecule has 1 fully saturated rings. The van der Waals surface area contributed by atoms with Crippen LogP contribution in [-0.2, 0) is 12.6 Å². The largest absolute Gasteiger partial charge is 0.435 e. The molecule has 1 aliphatic rings. The Kier molecular flexibility index (Phi) is 8.25. The Hall–Kier alpha value is -3.52. The average molecular weight is 574 g/mol. The van der Waals surface area contributed by atoms with Crippen LogP contribution in [0.1, 0.15) is 75.2 Å². The quantitative estimate of drug-likeness (QED) is 0.168. The third-order valence-corrected chi connectivity index (χ3v) is 6.50. The Balaban J connectivity index is 1.41. The van der Waals surface area contributed by atoms with Crippen molar-refractivity contribution >= 4 is 29.1 Å². The first-order chi connectivity index (χ1) is 18.4. The first kappa shape index (κ1) is 28.5. The zero-order valence-electron chi connectivity index (χ0n) is 20.4. The summed E-state index contributed by atoms with van der Waals surface area (Å²) >= 11 is 6.21. The second-order valence-corrected chi connectivity index (χ2v) is 9.57. The number of nitrogens with zero attached hydrogens (tertiary/aromatic N) is 2. The molecule has 2 heterocycles. The molecule has 0 unspecified atom stereocenters. The fourth-order valence-corrected chi connectivity index (χ4v) is 4.34. The van der Waals surface area contributed by atoms with Gasteiger partial charge in [0.25, 0.3) is 17.7 Å². The number of hydrogen-bond donors (Lipinski definition) is 5. The van der Waals surface area contributed by atoms with E-state index in [1.165, 1.54) is 18.2 Å². The van der Waals surface area contributed by atoms with Crippen molar-refractivity contribution in [3.8, 4) is 0 Å². The lowest BCUT2D eigenvalue weighted by atomic mass is 10.0. The van der Waals surface area contributed by atoms with Gasteiger partial charge in [0.1, 0.15) is 0 Å². The number of alkyl halides is 5. The molecule has 210 valence electrons. The number of benzene rings is 1. The van der Waals surface area contributed by atoms with Gasteiger partial charge in [0.2, 0.25) is 0 Å². The lowest BCUT2D eigenvalue weighted by Gasteiger charge is -2.09. The highest BCUT2D eigenvalue weighted by atomic mass is 35.5. The van der Waals surface area contributed by atoms with Crippen molar-refractivity contribution in [2.75, 3.05) is 18.4 Å². The fraction of sp³-hybridized carbons (Fsp3) is 0.417. The van der Waals surface area contributed by atoms with Crippen LogP contribution in [0.5, 0.6) is 0 Å². The van der Waals surface area contributed by atoms with E-state index in [9.17, 15) is 31.5 Å². The number of amides is 2. The SMILES string of the molecule is NCCCCCNC(=O)c1ccc(NC(=O)c2ncc(Cc3c(C(F)(F)F)n[nH]c3[C@@H]3CC3(F)F)[nH]2)cc1Cl. The van der Waals surface area contributed by atoms with Gasteiger partial charge in [-0.3, -0.25) is 14.7 Å². The number of unbranched alkanes of at least 4 members (excludes halogenated alkanes) is 2. The van der Waals surface area contributed by atoms with Crippen LogP contribution < -0.4 is 16.4 Å². The van der Waals surface area contributed by atoms with Gasteiger partial charge in [-0.15, -0.1) is 0 Å².